The van der Waals surface area contributed by atoms with Gasteiger partial charge in [0.15, 0.2) is 17.3 Å². The first kappa shape index (κ1) is 21.0. The number of nitrogens with zero attached hydrogens (tertiary/aromatic N) is 2. The summed E-state index contributed by atoms with van der Waals surface area (Å²) in [4.78, 5) is 16.6. The number of benzene rings is 1. The number of rotatable bonds is 10. The van der Waals surface area contributed by atoms with Crippen LogP contribution in [0.3, 0.4) is 0 Å². The topological polar surface area (TPSA) is 51.2 Å². The minimum Gasteiger partial charge on any atom is -0.493 e. The van der Waals surface area contributed by atoms with Gasteiger partial charge in [-0.1, -0.05) is 6.08 Å². The van der Waals surface area contributed by atoms with E-state index in [-0.39, 0.29) is 11.7 Å². The van der Waals surface area contributed by atoms with Gasteiger partial charge in [0.2, 0.25) is 5.75 Å². The summed E-state index contributed by atoms with van der Waals surface area (Å²) in [5.41, 5.74) is 0.816. The Hall–Kier alpha value is -2.05. The summed E-state index contributed by atoms with van der Waals surface area (Å²) in [5, 5.41) is 0. The second-order valence-corrected chi connectivity index (χ2v) is 6.42. The van der Waals surface area contributed by atoms with E-state index in [2.05, 4.69) is 0 Å². The van der Waals surface area contributed by atoms with Gasteiger partial charge in [0, 0.05) is 19.0 Å². The predicted octanol–water partition coefficient (Wildman–Crippen LogP) is 2.03. The molecule has 0 radical (unpaired) electrons. The molecule has 0 saturated carbocycles. The molecule has 0 spiro atoms. The summed E-state index contributed by atoms with van der Waals surface area (Å²) >= 11 is 0. The number of ether oxygens (including phenoxy) is 3. The highest BCUT2D eigenvalue weighted by Gasteiger charge is 2.18. The van der Waals surface area contributed by atoms with Crippen LogP contribution in [0.4, 0.5) is 0 Å². The van der Waals surface area contributed by atoms with Crippen molar-refractivity contribution in [1.29, 1.82) is 0 Å². The Labute approximate surface area is 151 Å². The molecule has 0 atom stereocenters. The van der Waals surface area contributed by atoms with Gasteiger partial charge < -0.3 is 24.0 Å². The summed E-state index contributed by atoms with van der Waals surface area (Å²) in [6.45, 7) is 1.41. The summed E-state index contributed by atoms with van der Waals surface area (Å²) in [6, 6.07) is 3.63. The largest absolute Gasteiger partial charge is 0.493 e. The molecule has 0 fully saturated rings. The third-order valence-electron chi connectivity index (χ3n) is 3.70. The number of carbonyl (C=O) groups excluding carboxylic acids is 1. The normalized spacial score (nSPS) is 11.6. The third-order valence-corrected chi connectivity index (χ3v) is 3.70. The van der Waals surface area contributed by atoms with Crippen molar-refractivity contribution in [2.45, 2.75) is 0 Å². The van der Waals surface area contributed by atoms with Crippen LogP contribution in [0.15, 0.2) is 18.2 Å². The maximum Gasteiger partial charge on any atom is 0.203 e. The molecule has 0 unspecified atom stereocenters. The summed E-state index contributed by atoms with van der Waals surface area (Å²) < 4.78 is 16.0. The van der Waals surface area contributed by atoms with Crippen LogP contribution in [-0.4, -0.2) is 78.2 Å². The Balaban J connectivity index is 3.03. The van der Waals surface area contributed by atoms with E-state index in [1.807, 2.05) is 50.1 Å². The molecule has 0 amide bonds. The monoisotopic (exact) mass is 350 g/mol. The van der Waals surface area contributed by atoms with Crippen molar-refractivity contribution in [2.75, 3.05) is 62.6 Å². The highest BCUT2D eigenvalue weighted by Crippen LogP contribution is 2.38. The zero-order valence-corrected chi connectivity index (χ0v) is 16.3. The van der Waals surface area contributed by atoms with Gasteiger partial charge in [-0.3, -0.25) is 4.79 Å². The molecular weight excluding hydrogens is 320 g/mol. The molecule has 1 aromatic rings. The molecule has 0 aliphatic heterocycles. The zero-order valence-electron chi connectivity index (χ0n) is 16.3. The first-order valence-corrected chi connectivity index (χ1v) is 8.13. The molecule has 1 aromatic carbocycles. The fraction of sp³-hybridized carbons (Fsp3) is 0.526. The molecule has 140 valence electrons. The van der Waals surface area contributed by atoms with Gasteiger partial charge >= 0.3 is 0 Å². The number of ketones is 1. The molecule has 6 heteroatoms. The average Bonchev–Trinajstić information content (AvgIpc) is 2.56. The van der Waals surface area contributed by atoms with Crippen molar-refractivity contribution in [3.63, 3.8) is 0 Å². The second kappa shape index (κ2) is 10.1. The van der Waals surface area contributed by atoms with Gasteiger partial charge in [0.25, 0.3) is 0 Å². The SMILES string of the molecule is COc1cc(C=CC(=O)C(CN(C)C)CN(C)C)cc(OC)c1OC. The van der Waals surface area contributed by atoms with Crippen LogP contribution in [0.1, 0.15) is 5.56 Å². The van der Waals surface area contributed by atoms with E-state index in [1.165, 1.54) is 0 Å². The number of hydrogen-bond donors (Lipinski definition) is 0. The zero-order chi connectivity index (χ0) is 19.0. The Morgan fingerprint density at radius 1 is 0.960 bits per heavy atom. The quantitative estimate of drug-likeness (QED) is 0.602. The molecule has 0 aromatic heterocycles. The second-order valence-electron chi connectivity index (χ2n) is 6.42. The molecule has 25 heavy (non-hydrogen) atoms. The van der Waals surface area contributed by atoms with Gasteiger partial charge in [0.1, 0.15) is 0 Å². The Morgan fingerprint density at radius 3 is 1.80 bits per heavy atom. The molecule has 0 saturated heterocycles. The number of allylic oxidation sites excluding steroid dienone is 1. The van der Waals surface area contributed by atoms with Crippen LogP contribution < -0.4 is 14.2 Å². The molecule has 0 aliphatic rings. The Bertz CT molecular complexity index is 562. The maximum atomic E-state index is 12.6. The van der Waals surface area contributed by atoms with Gasteiger partial charge in [-0.2, -0.15) is 0 Å². The van der Waals surface area contributed by atoms with Gasteiger partial charge in [-0.15, -0.1) is 0 Å². The minimum atomic E-state index is -0.0803. The molecule has 0 aliphatic carbocycles. The molecule has 1 rings (SSSR count). The molecular formula is C19H30N2O4. The standard InChI is InChI=1S/C19H30N2O4/c1-20(2)12-15(13-21(3)4)16(22)9-8-14-10-17(23-5)19(25-7)18(11-14)24-6/h8-11,15H,12-13H2,1-7H3. The van der Waals surface area contributed by atoms with Crippen LogP contribution in [0.5, 0.6) is 17.2 Å². The van der Waals surface area contributed by atoms with E-state index in [0.717, 1.165) is 5.56 Å². The van der Waals surface area contributed by atoms with Crippen molar-refractivity contribution in [2.24, 2.45) is 5.92 Å². The highest BCUT2D eigenvalue weighted by atomic mass is 16.5. The molecule has 0 bridgehead atoms. The fourth-order valence-electron chi connectivity index (χ4n) is 2.63. The first-order chi connectivity index (χ1) is 11.8. The van der Waals surface area contributed by atoms with Crippen molar-refractivity contribution >= 4 is 11.9 Å². The van der Waals surface area contributed by atoms with Gasteiger partial charge in [-0.05, 0) is 52.0 Å². The molecule has 0 heterocycles. The predicted molar refractivity (Wildman–Crippen MR) is 101 cm³/mol. The lowest BCUT2D eigenvalue weighted by atomic mass is 10.0. The van der Waals surface area contributed by atoms with Crippen molar-refractivity contribution < 1.29 is 19.0 Å². The van der Waals surface area contributed by atoms with Crippen LogP contribution in [-0.2, 0) is 4.79 Å². The van der Waals surface area contributed by atoms with Crippen LogP contribution in [0.25, 0.3) is 6.08 Å². The van der Waals surface area contributed by atoms with Crippen LogP contribution in [0, 0.1) is 5.92 Å². The lowest BCUT2D eigenvalue weighted by molar-refractivity contribution is -0.119. The van der Waals surface area contributed by atoms with Gasteiger partial charge in [0.05, 0.1) is 21.3 Å². The number of carbonyl (C=O) groups is 1. The van der Waals surface area contributed by atoms with Gasteiger partial charge in [-0.25, -0.2) is 0 Å². The Kier molecular flexibility index (Phi) is 8.45. The van der Waals surface area contributed by atoms with E-state index in [4.69, 9.17) is 14.2 Å². The van der Waals surface area contributed by atoms with Crippen LogP contribution in [0.2, 0.25) is 0 Å². The maximum absolute atomic E-state index is 12.6. The molecule has 0 N–H and O–H groups in total. The van der Waals surface area contributed by atoms with E-state index in [9.17, 15) is 4.79 Å². The Morgan fingerprint density at radius 2 is 1.44 bits per heavy atom. The van der Waals surface area contributed by atoms with Crippen molar-refractivity contribution in [3.05, 3.63) is 23.8 Å². The lowest BCUT2D eigenvalue weighted by Crippen LogP contribution is -2.34. The van der Waals surface area contributed by atoms with Crippen molar-refractivity contribution in [1.82, 2.24) is 9.80 Å². The fourth-order valence-corrected chi connectivity index (χ4v) is 2.63. The highest BCUT2D eigenvalue weighted by molar-refractivity contribution is 5.95. The summed E-state index contributed by atoms with van der Waals surface area (Å²) in [6.07, 6.45) is 3.41. The van der Waals surface area contributed by atoms with E-state index < -0.39 is 0 Å². The minimum absolute atomic E-state index is 0.0803. The van der Waals surface area contributed by atoms with E-state index in [1.54, 1.807) is 33.5 Å². The average molecular weight is 350 g/mol. The van der Waals surface area contributed by atoms with E-state index in [0.29, 0.717) is 30.3 Å². The molecule has 6 nitrogen and oxygen atoms in total. The number of hydrogen-bond acceptors (Lipinski definition) is 6. The summed E-state index contributed by atoms with van der Waals surface area (Å²) in [7, 11) is 12.6. The smallest absolute Gasteiger partial charge is 0.203 e. The van der Waals surface area contributed by atoms with E-state index >= 15 is 0 Å². The summed E-state index contributed by atoms with van der Waals surface area (Å²) in [5.74, 6) is 1.67. The lowest BCUT2D eigenvalue weighted by Gasteiger charge is -2.22. The first-order valence-electron chi connectivity index (χ1n) is 8.13. The van der Waals surface area contributed by atoms with Crippen LogP contribution >= 0.6 is 0 Å². The number of methoxy groups -OCH3 is 3. The third kappa shape index (κ3) is 6.40. The van der Waals surface area contributed by atoms with Crippen molar-refractivity contribution in [3.8, 4) is 17.2 Å².